The summed E-state index contributed by atoms with van der Waals surface area (Å²) in [6.07, 6.45) is 10.2. The molecule has 4 heterocycles. The molecule has 9 heteroatoms. The van der Waals surface area contributed by atoms with Crippen molar-refractivity contribution in [1.29, 1.82) is 0 Å². The van der Waals surface area contributed by atoms with Crippen LogP contribution in [0.2, 0.25) is 5.15 Å². The van der Waals surface area contributed by atoms with Crippen molar-refractivity contribution in [3.63, 3.8) is 0 Å². The van der Waals surface area contributed by atoms with Crippen LogP contribution < -0.4 is 0 Å². The fourth-order valence-corrected chi connectivity index (χ4v) is 2.53. The molecule has 0 aliphatic carbocycles. The van der Waals surface area contributed by atoms with Gasteiger partial charge in [0.15, 0.2) is 22.4 Å². The molecule has 7 nitrogen and oxygen atoms in total. The Morgan fingerprint density at radius 3 is 2.64 bits per heavy atom. The largest absolute Gasteiger partial charge is 0.303 e. The fourth-order valence-electron chi connectivity index (χ4n) is 2.40. The summed E-state index contributed by atoms with van der Waals surface area (Å²) in [7, 11) is 0. The Labute approximate surface area is 146 Å². The number of hydrogen-bond donors (Lipinski definition) is 0. The third-order valence-corrected chi connectivity index (χ3v) is 3.85. The van der Waals surface area contributed by atoms with Gasteiger partial charge in [0.1, 0.15) is 11.5 Å². The van der Waals surface area contributed by atoms with Gasteiger partial charge in [-0.1, -0.05) is 11.6 Å². The molecule has 0 saturated heterocycles. The van der Waals surface area contributed by atoms with E-state index in [9.17, 15) is 4.39 Å². The molecule has 0 atom stereocenters. The molecule has 0 bridgehead atoms. The molecule has 0 saturated carbocycles. The second-order valence-electron chi connectivity index (χ2n) is 5.38. The number of rotatable bonds is 3. The molecule has 0 spiro atoms. The SMILES string of the molecule is Cc1ncc(Cc2nc(-c3ncc(F)c(Cl)n3)cn3ccnc23)cn1. The lowest BCUT2D eigenvalue weighted by Crippen LogP contribution is -2.03. The van der Waals surface area contributed by atoms with Crippen LogP contribution in [0.5, 0.6) is 0 Å². The monoisotopic (exact) mass is 355 g/mol. The summed E-state index contributed by atoms with van der Waals surface area (Å²) >= 11 is 5.76. The van der Waals surface area contributed by atoms with E-state index < -0.39 is 5.82 Å². The van der Waals surface area contributed by atoms with Crippen molar-refractivity contribution in [2.24, 2.45) is 0 Å². The first-order valence-corrected chi connectivity index (χ1v) is 7.76. The first kappa shape index (κ1) is 15.5. The molecule has 0 unspecified atom stereocenters. The quantitative estimate of drug-likeness (QED) is 0.525. The summed E-state index contributed by atoms with van der Waals surface area (Å²) in [5, 5.41) is -0.244. The van der Waals surface area contributed by atoms with Crippen molar-refractivity contribution in [3.05, 3.63) is 65.2 Å². The van der Waals surface area contributed by atoms with E-state index in [4.69, 9.17) is 11.6 Å². The molecular weight excluding hydrogens is 345 g/mol. The van der Waals surface area contributed by atoms with Gasteiger partial charge in [0.2, 0.25) is 0 Å². The van der Waals surface area contributed by atoms with E-state index in [0.717, 1.165) is 11.8 Å². The molecule has 0 aliphatic rings. The average Bonchev–Trinajstić information content (AvgIpc) is 3.08. The Hall–Kier alpha value is -3.00. The van der Waals surface area contributed by atoms with Gasteiger partial charge < -0.3 is 4.40 Å². The number of aromatic nitrogens is 7. The summed E-state index contributed by atoms with van der Waals surface area (Å²) < 4.78 is 15.1. The zero-order chi connectivity index (χ0) is 17.4. The summed E-state index contributed by atoms with van der Waals surface area (Å²) in [5.41, 5.74) is 2.78. The van der Waals surface area contributed by atoms with Crippen LogP contribution >= 0.6 is 11.6 Å². The first-order valence-electron chi connectivity index (χ1n) is 7.38. The zero-order valence-electron chi connectivity index (χ0n) is 13.1. The molecule has 4 aromatic rings. The van der Waals surface area contributed by atoms with Crippen LogP contribution in [-0.2, 0) is 6.42 Å². The van der Waals surface area contributed by atoms with Gasteiger partial charge in [-0.2, -0.15) is 0 Å². The predicted octanol–water partition coefficient (Wildman–Crippen LogP) is 2.67. The van der Waals surface area contributed by atoms with E-state index in [2.05, 4.69) is 29.9 Å². The van der Waals surface area contributed by atoms with Gasteiger partial charge in [-0.05, 0) is 12.5 Å². The van der Waals surface area contributed by atoms with Gasteiger partial charge in [0.05, 0.1) is 11.9 Å². The van der Waals surface area contributed by atoms with Gasteiger partial charge >= 0.3 is 0 Å². The number of nitrogens with zero attached hydrogens (tertiary/aromatic N) is 7. The Morgan fingerprint density at radius 1 is 1.08 bits per heavy atom. The first-order chi connectivity index (χ1) is 12.1. The molecule has 0 N–H and O–H groups in total. The predicted molar refractivity (Wildman–Crippen MR) is 88.6 cm³/mol. The van der Waals surface area contributed by atoms with Crippen LogP contribution in [0.4, 0.5) is 4.39 Å². The third kappa shape index (κ3) is 3.03. The van der Waals surface area contributed by atoms with Crippen LogP contribution in [0.25, 0.3) is 17.2 Å². The third-order valence-electron chi connectivity index (χ3n) is 3.58. The van der Waals surface area contributed by atoms with Crippen molar-refractivity contribution in [2.75, 3.05) is 0 Å². The van der Waals surface area contributed by atoms with Gasteiger partial charge in [-0.25, -0.2) is 34.3 Å². The molecule has 0 aromatic carbocycles. The second kappa shape index (κ2) is 6.14. The molecule has 0 radical (unpaired) electrons. The number of fused-ring (bicyclic) bond motifs is 1. The van der Waals surface area contributed by atoms with Crippen molar-refractivity contribution in [3.8, 4) is 11.5 Å². The van der Waals surface area contributed by atoms with Gasteiger partial charge in [-0.15, -0.1) is 0 Å². The Balaban J connectivity index is 1.81. The van der Waals surface area contributed by atoms with Crippen LogP contribution in [-0.4, -0.2) is 34.3 Å². The summed E-state index contributed by atoms with van der Waals surface area (Å²) in [6.45, 7) is 1.82. The van der Waals surface area contributed by atoms with Crippen LogP contribution in [0.3, 0.4) is 0 Å². The molecule has 0 amide bonds. The van der Waals surface area contributed by atoms with Crippen molar-refractivity contribution in [2.45, 2.75) is 13.3 Å². The lowest BCUT2D eigenvalue weighted by atomic mass is 10.2. The Kier molecular flexibility index (Phi) is 3.81. The topological polar surface area (TPSA) is 81.8 Å². The summed E-state index contributed by atoms with van der Waals surface area (Å²) in [5.74, 6) is 0.264. The van der Waals surface area contributed by atoms with E-state index >= 15 is 0 Å². The van der Waals surface area contributed by atoms with Crippen molar-refractivity contribution >= 4 is 17.2 Å². The highest BCUT2D eigenvalue weighted by atomic mass is 35.5. The van der Waals surface area contributed by atoms with E-state index in [1.54, 1.807) is 31.0 Å². The van der Waals surface area contributed by atoms with Crippen molar-refractivity contribution in [1.82, 2.24) is 34.3 Å². The molecule has 4 aromatic heterocycles. The highest BCUT2D eigenvalue weighted by Gasteiger charge is 2.13. The van der Waals surface area contributed by atoms with Gasteiger partial charge in [0, 0.05) is 37.4 Å². The van der Waals surface area contributed by atoms with E-state index in [0.29, 0.717) is 29.3 Å². The molecule has 0 fully saturated rings. The lowest BCUT2D eigenvalue weighted by molar-refractivity contribution is 0.614. The number of halogens is 2. The highest BCUT2D eigenvalue weighted by Crippen LogP contribution is 2.20. The standard InChI is InChI=1S/C16H11ClFN7/c1-9-20-5-10(6-21-9)4-12-16-19-2-3-25(16)8-13(23-12)15-22-7-11(18)14(17)24-15/h2-3,5-8H,4H2,1H3. The number of imidazole rings is 1. The average molecular weight is 356 g/mol. The van der Waals surface area contributed by atoms with Crippen molar-refractivity contribution < 1.29 is 4.39 Å². The minimum absolute atomic E-state index is 0.239. The maximum atomic E-state index is 13.3. The van der Waals surface area contributed by atoms with E-state index in [1.807, 2.05) is 11.3 Å². The normalized spacial score (nSPS) is 11.2. The Morgan fingerprint density at radius 2 is 1.88 bits per heavy atom. The fraction of sp³-hybridized carbons (Fsp3) is 0.125. The smallest absolute Gasteiger partial charge is 0.181 e. The molecule has 124 valence electrons. The second-order valence-corrected chi connectivity index (χ2v) is 5.74. The van der Waals surface area contributed by atoms with E-state index in [-0.39, 0.29) is 11.0 Å². The maximum absolute atomic E-state index is 13.3. The molecule has 4 rings (SSSR count). The maximum Gasteiger partial charge on any atom is 0.181 e. The zero-order valence-corrected chi connectivity index (χ0v) is 13.8. The molecule has 25 heavy (non-hydrogen) atoms. The highest BCUT2D eigenvalue weighted by molar-refractivity contribution is 6.29. The molecule has 0 aliphatic heterocycles. The number of aryl methyl sites for hydroxylation is 1. The number of hydrogen-bond acceptors (Lipinski definition) is 6. The Bertz CT molecular complexity index is 1060. The van der Waals surface area contributed by atoms with Gasteiger partial charge in [0.25, 0.3) is 0 Å². The van der Waals surface area contributed by atoms with Crippen LogP contribution in [0.1, 0.15) is 17.1 Å². The van der Waals surface area contributed by atoms with Crippen LogP contribution in [0.15, 0.2) is 37.2 Å². The lowest BCUT2D eigenvalue weighted by Gasteiger charge is -2.07. The van der Waals surface area contributed by atoms with E-state index in [1.165, 1.54) is 0 Å². The van der Waals surface area contributed by atoms with Crippen LogP contribution in [0, 0.1) is 12.7 Å². The summed E-state index contributed by atoms with van der Waals surface area (Å²) in [6, 6.07) is 0. The van der Waals surface area contributed by atoms with Gasteiger partial charge in [-0.3, -0.25) is 0 Å². The summed E-state index contributed by atoms with van der Waals surface area (Å²) in [4.78, 5) is 25.2. The molecular formula is C16H11ClFN7. The minimum atomic E-state index is -0.675. The minimum Gasteiger partial charge on any atom is -0.303 e.